The van der Waals surface area contributed by atoms with Crippen molar-refractivity contribution in [3.05, 3.63) is 35.9 Å². The fourth-order valence-electron chi connectivity index (χ4n) is 3.58. The van der Waals surface area contributed by atoms with Gasteiger partial charge in [-0.2, -0.15) is 0 Å². The second-order valence-electron chi connectivity index (χ2n) is 7.74. The number of hydrogen-bond donors (Lipinski definition) is 2. The highest BCUT2D eigenvalue weighted by atomic mass is 127. The van der Waals surface area contributed by atoms with Crippen LogP contribution < -0.4 is 10.6 Å². The van der Waals surface area contributed by atoms with Crippen LogP contribution in [0.2, 0.25) is 0 Å². The van der Waals surface area contributed by atoms with Crippen molar-refractivity contribution in [3.8, 4) is 0 Å². The lowest BCUT2D eigenvalue weighted by molar-refractivity contribution is 0.0211. The molecule has 3 rings (SSSR count). The van der Waals surface area contributed by atoms with Crippen molar-refractivity contribution in [2.24, 2.45) is 10.4 Å². The van der Waals surface area contributed by atoms with Crippen LogP contribution in [0.4, 0.5) is 0 Å². The molecule has 1 atom stereocenters. The Balaban J connectivity index is 0.00000261. The van der Waals surface area contributed by atoms with Gasteiger partial charge < -0.3 is 15.4 Å². The molecule has 0 spiro atoms. The van der Waals surface area contributed by atoms with E-state index in [9.17, 15) is 0 Å². The van der Waals surface area contributed by atoms with Crippen molar-refractivity contribution < 1.29 is 4.74 Å². The molecule has 2 aliphatic rings. The fourth-order valence-corrected chi connectivity index (χ4v) is 3.58. The Labute approximate surface area is 181 Å². The summed E-state index contributed by atoms with van der Waals surface area (Å²) in [5.74, 6) is 0.951. The second kappa shape index (κ2) is 11.2. The molecule has 2 fully saturated rings. The van der Waals surface area contributed by atoms with Crippen LogP contribution in [0.3, 0.4) is 0 Å². The lowest BCUT2D eigenvalue weighted by Crippen LogP contribution is -2.49. The number of aliphatic imine (C=N–C) groups is 1. The minimum atomic E-state index is 0. The van der Waals surface area contributed by atoms with Crippen molar-refractivity contribution >= 4 is 29.9 Å². The summed E-state index contributed by atoms with van der Waals surface area (Å²) in [6, 6.07) is 11.3. The second-order valence-corrected chi connectivity index (χ2v) is 7.74. The Hall–Kier alpha value is -0.860. The Morgan fingerprint density at radius 1 is 1.19 bits per heavy atom. The van der Waals surface area contributed by atoms with Gasteiger partial charge in [-0.3, -0.25) is 9.89 Å². The number of halogens is 1. The molecule has 1 unspecified atom stereocenters. The van der Waals surface area contributed by atoms with Gasteiger partial charge in [0.1, 0.15) is 0 Å². The first kappa shape index (κ1) is 22.4. The summed E-state index contributed by atoms with van der Waals surface area (Å²) >= 11 is 0. The van der Waals surface area contributed by atoms with E-state index in [-0.39, 0.29) is 24.0 Å². The van der Waals surface area contributed by atoms with E-state index in [1.165, 1.54) is 18.4 Å². The molecule has 6 heteroatoms. The van der Waals surface area contributed by atoms with Gasteiger partial charge in [-0.05, 0) is 44.1 Å². The smallest absolute Gasteiger partial charge is 0.191 e. The van der Waals surface area contributed by atoms with Crippen LogP contribution in [0.15, 0.2) is 35.3 Å². The van der Waals surface area contributed by atoms with E-state index in [0.717, 1.165) is 58.3 Å². The summed E-state index contributed by atoms with van der Waals surface area (Å²) in [7, 11) is 0. The fraction of sp³-hybridized carbons (Fsp3) is 0.667. The number of ether oxygens (including phenoxy) is 1. The lowest BCUT2D eigenvalue weighted by atomic mass is 9.97. The highest BCUT2D eigenvalue weighted by Crippen LogP contribution is 2.48. The van der Waals surface area contributed by atoms with E-state index in [1.807, 2.05) is 0 Å². The zero-order valence-corrected chi connectivity index (χ0v) is 19.1. The monoisotopic (exact) mass is 486 g/mol. The molecule has 5 nitrogen and oxygen atoms in total. The van der Waals surface area contributed by atoms with Gasteiger partial charge in [0.2, 0.25) is 0 Å². The third-order valence-corrected chi connectivity index (χ3v) is 5.53. The van der Waals surface area contributed by atoms with Gasteiger partial charge in [0, 0.05) is 38.8 Å². The zero-order valence-electron chi connectivity index (χ0n) is 16.7. The number of rotatable bonds is 8. The number of guanidine groups is 1. The average Bonchev–Trinajstić information content (AvgIpc) is 3.45. The number of nitrogens with one attached hydrogen (secondary N) is 2. The summed E-state index contributed by atoms with van der Waals surface area (Å²) < 4.78 is 5.45. The Kier molecular flexibility index (Phi) is 9.32. The molecule has 0 radical (unpaired) electrons. The van der Waals surface area contributed by atoms with Gasteiger partial charge in [-0.1, -0.05) is 30.3 Å². The van der Waals surface area contributed by atoms with Gasteiger partial charge in [0.05, 0.1) is 13.2 Å². The first-order valence-electron chi connectivity index (χ1n) is 10.1. The normalized spacial score (nSPS) is 20.4. The van der Waals surface area contributed by atoms with E-state index in [2.05, 4.69) is 59.7 Å². The van der Waals surface area contributed by atoms with E-state index < -0.39 is 0 Å². The number of benzene rings is 1. The SMILES string of the molecule is CCNC(=NCC1(Cc2ccccc2)CC1)NCC(C)N1CCOCC1.I. The summed E-state index contributed by atoms with van der Waals surface area (Å²) in [5.41, 5.74) is 1.80. The van der Waals surface area contributed by atoms with Crippen LogP contribution in [0.25, 0.3) is 0 Å². The van der Waals surface area contributed by atoms with Crippen molar-refractivity contribution in [3.63, 3.8) is 0 Å². The minimum Gasteiger partial charge on any atom is -0.379 e. The quantitative estimate of drug-likeness (QED) is 0.337. The molecule has 1 aliphatic carbocycles. The summed E-state index contributed by atoms with van der Waals surface area (Å²) in [6.45, 7) is 10.9. The molecule has 0 amide bonds. The number of nitrogens with zero attached hydrogens (tertiary/aromatic N) is 2. The molecule has 1 saturated heterocycles. The van der Waals surface area contributed by atoms with Crippen LogP contribution in [-0.4, -0.2) is 62.8 Å². The van der Waals surface area contributed by atoms with Gasteiger partial charge in [-0.15, -0.1) is 24.0 Å². The predicted molar refractivity (Wildman–Crippen MR) is 123 cm³/mol. The maximum absolute atomic E-state index is 5.45. The highest BCUT2D eigenvalue weighted by Gasteiger charge is 2.42. The molecule has 1 aliphatic heterocycles. The zero-order chi connectivity index (χ0) is 18.2. The molecule has 1 saturated carbocycles. The van der Waals surface area contributed by atoms with Crippen LogP contribution in [-0.2, 0) is 11.2 Å². The molecule has 152 valence electrons. The Morgan fingerprint density at radius 3 is 2.52 bits per heavy atom. The van der Waals surface area contributed by atoms with E-state index in [0.29, 0.717) is 11.5 Å². The minimum absolute atomic E-state index is 0. The molecular formula is C21H35IN4O. The van der Waals surface area contributed by atoms with Gasteiger partial charge in [-0.25, -0.2) is 0 Å². The van der Waals surface area contributed by atoms with Crippen LogP contribution >= 0.6 is 24.0 Å². The van der Waals surface area contributed by atoms with E-state index in [4.69, 9.17) is 9.73 Å². The summed E-state index contributed by atoms with van der Waals surface area (Å²) in [6.07, 6.45) is 3.71. The molecular weight excluding hydrogens is 451 g/mol. The van der Waals surface area contributed by atoms with E-state index >= 15 is 0 Å². The largest absolute Gasteiger partial charge is 0.379 e. The average molecular weight is 486 g/mol. The standard InChI is InChI=1S/C21H34N4O.HI/c1-3-22-20(23-16-18(2)25-11-13-26-14-12-25)24-17-21(9-10-21)15-19-7-5-4-6-8-19;/h4-8,18H,3,9-17H2,1-2H3,(H2,22,23,24);1H. The van der Waals surface area contributed by atoms with Crippen molar-refractivity contribution in [2.75, 3.05) is 45.9 Å². The van der Waals surface area contributed by atoms with Crippen molar-refractivity contribution in [1.82, 2.24) is 15.5 Å². The molecule has 0 aromatic heterocycles. The summed E-state index contributed by atoms with van der Waals surface area (Å²) in [4.78, 5) is 7.40. The first-order valence-corrected chi connectivity index (χ1v) is 10.1. The van der Waals surface area contributed by atoms with Gasteiger partial charge in [0.15, 0.2) is 5.96 Å². The Morgan fingerprint density at radius 2 is 1.89 bits per heavy atom. The molecule has 1 aromatic rings. The van der Waals surface area contributed by atoms with Crippen molar-refractivity contribution in [2.45, 2.75) is 39.2 Å². The highest BCUT2D eigenvalue weighted by molar-refractivity contribution is 14.0. The first-order chi connectivity index (χ1) is 12.7. The van der Waals surface area contributed by atoms with Crippen molar-refractivity contribution in [1.29, 1.82) is 0 Å². The third-order valence-electron chi connectivity index (χ3n) is 5.53. The molecule has 1 heterocycles. The lowest BCUT2D eigenvalue weighted by Gasteiger charge is -2.32. The van der Waals surface area contributed by atoms with E-state index in [1.54, 1.807) is 0 Å². The van der Waals surface area contributed by atoms with Crippen LogP contribution in [0.5, 0.6) is 0 Å². The van der Waals surface area contributed by atoms with Crippen LogP contribution in [0, 0.1) is 5.41 Å². The topological polar surface area (TPSA) is 48.9 Å². The third kappa shape index (κ3) is 7.23. The molecule has 2 N–H and O–H groups in total. The maximum Gasteiger partial charge on any atom is 0.191 e. The number of hydrogen-bond acceptors (Lipinski definition) is 3. The van der Waals surface area contributed by atoms with Crippen LogP contribution in [0.1, 0.15) is 32.3 Å². The molecule has 1 aromatic carbocycles. The van der Waals surface area contributed by atoms with Gasteiger partial charge in [0.25, 0.3) is 0 Å². The van der Waals surface area contributed by atoms with Gasteiger partial charge >= 0.3 is 0 Å². The Bertz CT molecular complexity index is 571. The summed E-state index contributed by atoms with van der Waals surface area (Å²) in [5, 5.41) is 6.94. The molecule has 0 bridgehead atoms. The number of morpholine rings is 1. The predicted octanol–water partition coefficient (Wildman–Crippen LogP) is 2.90. The molecule has 27 heavy (non-hydrogen) atoms. The maximum atomic E-state index is 5.45.